The highest BCUT2D eigenvalue weighted by atomic mass is 16.4. The van der Waals surface area contributed by atoms with Crippen molar-refractivity contribution in [3.05, 3.63) is 0 Å². The number of ketones is 1. The van der Waals surface area contributed by atoms with E-state index in [4.69, 9.17) is 10.8 Å². The van der Waals surface area contributed by atoms with Crippen molar-refractivity contribution >= 4 is 17.8 Å². The number of Topliss-reactive ketones (excluding diaryl/α,β-unsaturated/α-hetero) is 1. The van der Waals surface area contributed by atoms with Crippen LogP contribution in [0.3, 0.4) is 0 Å². The van der Waals surface area contributed by atoms with E-state index in [1.807, 2.05) is 4.90 Å². The molecule has 4 N–H and O–H groups in total. The molecular formula is C11H20N4O4. The average Bonchev–Trinajstić information content (AvgIpc) is 2.35. The van der Waals surface area contributed by atoms with Gasteiger partial charge in [-0.25, -0.2) is 4.79 Å². The fraction of sp³-hybridized carbons (Fsp3) is 0.727. The summed E-state index contributed by atoms with van der Waals surface area (Å²) in [4.78, 5) is 36.8. The average molecular weight is 272 g/mol. The summed E-state index contributed by atoms with van der Waals surface area (Å²) >= 11 is 0. The Balaban J connectivity index is 2.29. The molecule has 108 valence electrons. The Kier molecular flexibility index (Phi) is 5.71. The van der Waals surface area contributed by atoms with E-state index >= 15 is 0 Å². The summed E-state index contributed by atoms with van der Waals surface area (Å²) in [5.74, 6) is -1.04. The molecule has 0 aliphatic carbocycles. The van der Waals surface area contributed by atoms with Crippen LogP contribution < -0.4 is 11.1 Å². The van der Waals surface area contributed by atoms with Crippen molar-refractivity contribution in [2.45, 2.75) is 13.0 Å². The van der Waals surface area contributed by atoms with E-state index in [-0.39, 0.29) is 18.4 Å². The van der Waals surface area contributed by atoms with Gasteiger partial charge in [0.2, 0.25) is 0 Å². The van der Waals surface area contributed by atoms with Gasteiger partial charge in [-0.2, -0.15) is 0 Å². The Morgan fingerprint density at radius 1 is 1.26 bits per heavy atom. The van der Waals surface area contributed by atoms with Crippen LogP contribution in [0.1, 0.15) is 6.92 Å². The first-order valence-corrected chi connectivity index (χ1v) is 6.13. The SMILES string of the molecule is CC(=O)CN1CCN(C(=O)NC[C@H](N)C(=O)O)CC1. The monoisotopic (exact) mass is 272 g/mol. The summed E-state index contributed by atoms with van der Waals surface area (Å²) < 4.78 is 0. The van der Waals surface area contributed by atoms with Crippen molar-refractivity contribution in [1.82, 2.24) is 15.1 Å². The molecule has 0 aromatic carbocycles. The number of nitrogens with two attached hydrogens (primary N) is 1. The molecule has 19 heavy (non-hydrogen) atoms. The second-order valence-electron chi connectivity index (χ2n) is 4.60. The molecule has 0 aromatic rings. The number of rotatable bonds is 5. The molecule has 8 nitrogen and oxygen atoms in total. The number of carbonyl (C=O) groups is 3. The largest absolute Gasteiger partial charge is 0.480 e. The van der Waals surface area contributed by atoms with E-state index in [0.717, 1.165) is 0 Å². The molecule has 0 saturated carbocycles. The molecule has 1 saturated heterocycles. The number of carboxylic acid groups (broad SMARTS) is 1. The Morgan fingerprint density at radius 2 is 1.84 bits per heavy atom. The fourth-order valence-corrected chi connectivity index (χ4v) is 1.82. The van der Waals surface area contributed by atoms with Crippen molar-refractivity contribution in [2.24, 2.45) is 5.73 Å². The van der Waals surface area contributed by atoms with Crippen LogP contribution >= 0.6 is 0 Å². The molecule has 1 atom stereocenters. The zero-order valence-corrected chi connectivity index (χ0v) is 11.0. The number of aliphatic carboxylic acids is 1. The molecule has 1 rings (SSSR count). The van der Waals surface area contributed by atoms with Gasteiger partial charge in [0.1, 0.15) is 11.8 Å². The van der Waals surface area contributed by atoms with Crippen LogP contribution in [0.2, 0.25) is 0 Å². The predicted molar refractivity (Wildman–Crippen MR) is 67.7 cm³/mol. The third-order valence-electron chi connectivity index (χ3n) is 2.90. The number of hydrogen-bond donors (Lipinski definition) is 3. The zero-order chi connectivity index (χ0) is 14.4. The summed E-state index contributed by atoms with van der Waals surface area (Å²) in [6.45, 7) is 4.15. The second-order valence-corrected chi connectivity index (χ2v) is 4.60. The summed E-state index contributed by atoms with van der Waals surface area (Å²) in [5, 5.41) is 11.1. The van der Waals surface area contributed by atoms with E-state index in [1.54, 1.807) is 4.90 Å². The summed E-state index contributed by atoms with van der Waals surface area (Å²) in [6.07, 6.45) is 0. The van der Waals surface area contributed by atoms with Gasteiger partial charge in [-0.1, -0.05) is 0 Å². The van der Waals surface area contributed by atoms with Crippen LogP contribution in [-0.4, -0.2) is 78.0 Å². The number of nitrogens with one attached hydrogen (secondary N) is 1. The molecule has 8 heteroatoms. The Morgan fingerprint density at radius 3 is 2.32 bits per heavy atom. The molecular weight excluding hydrogens is 252 g/mol. The minimum absolute atomic E-state index is 0.0954. The summed E-state index contributed by atoms with van der Waals surface area (Å²) in [5.41, 5.74) is 5.29. The number of hydrogen-bond acceptors (Lipinski definition) is 5. The van der Waals surface area contributed by atoms with Crippen molar-refractivity contribution in [2.75, 3.05) is 39.3 Å². The van der Waals surface area contributed by atoms with Gasteiger partial charge in [-0.15, -0.1) is 0 Å². The van der Waals surface area contributed by atoms with Gasteiger partial charge in [-0.3, -0.25) is 14.5 Å². The minimum Gasteiger partial charge on any atom is -0.480 e. The maximum Gasteiger partial charge on any atom is 0.322 e. The predicted octanol–water partition coefficient (Wildman–Crippen LogP) is -1.69. The molecule has 1 aliphatic heterocycles. The molecule has 0 aromatic heterocycles. The van der Waals surface area contributed by atoms with Crippen LogP contribution in [0.5, 0.6) is 0 Å². The third-order valence-corrected chi connectivity index (χ3v) is 2.90. The normalized spacial score (nSPS) is 17.9. The standard InChI is InChI=1S/C11H20N4O4/c1-8(16)7-14-2-4-15(5-3-14)11(19)13-6-9(12)10(17)18/h9H,2-7,12H2,1H3,(H,13,19)(H,17,18)/t9-/m0/s1. The lowest BCUT2D eigenvalue weighted by Gasteiger charge is -2.34. The van der Waals surface area contributed by atoms with Crippen molar-refractivity contribution in [3.8, 4) is 0 Å². The van der Waals surface area contributed by atoms with Gasteiger partial charge < -0.3 is 21.1 Å². The van der Waals surface area contributed by atoms with Crippen LogP contribution in [0, 0.1) is 0 Å². The lowest BCUT2D eigenvalue weighted by atomic mass is 10.3. The van der Waals surface area contributed by atoms with Gasteiger partial charge >= 0.3 is 12.0 Å². The minimum atomic E-state index is -1.15. The lowest BCUT2D eigenvalue weighted by molar-refractivity contribution is -0.138. The third kappa shape index (κ3) is 5.23. The molecule has 0 spiro atoms. The quantitative estimate of drug-likeness (QED) is 0.550. The first-order chi connectivity index (χ1) is 8.90. The van der Waals surface area contributed by atoms with E-state index in [1.165, 1.54) is 6.92 Å². The highest BCUT2D eigenvalue weighted by molar-refractivity contribution is 5.78. The number of carbonyl (C=O) groups excluding carboxylic acids is 2. The maximum absolute atomic E-state index is 11.7. The number of urea groups is 1. The number of carboxylic acids is 1. The lowest BCUT2D eigenvalue weighted by Crippen LogP contribution is -2.54. The van der Waals surface area contributed by atoms with Crippen LogP contribution in [0.15, 0.2) is 0 Å². The van der Waals surface area contributed by atoms with Gasteiger partial charge in [-0.05, 0) is 6.92 Å². The van der Waals surface area contributed by atoms with E-state index in [2.05, 4.69) is 5.32 Å². The summed E-state index contributed by atoms with van der Waals surface area (Å²) in [6, 6.07) is -1.41. The van der Waals surface area contributed by atoms with Gasteiger partial charge in [0.15, 0.2) is 0 Å². The molecule has 1 heterocycles. The van der Waals surface area contributed by atoms with Gasteiger partial charge in [0.25, 0.3) is 0 Å². The van der Waals surface area contributed by atoms with Crippen LogP contribution in [-0.2, 0) is 9.59 Å². The maximum atomic E-state index is 11.7. The Bertz CT molecular complexity index is 353. The van der Waals surface area contributed by atoms with Crippen LogP contribution in [0.4, 0.5) is 4.79 Å². The molecule has 0 bridgehead atoms. The van der Waals surface area contributed by atoms with E-state index < -0.39 is 12.0 Å². The van der Waals surface area contributed by atoms with Crippen molar-refractivity contribution < 1.29 is 19.5 Å². The topological polar surface area (TPSA) is 116 Å². The van der Waals surface area contributed by atoms with E-state index in [9.17, 15) is 14.4 Å². The molecule has 1 aliphatic rings. The van der Waals surface area contributed by atoms with E-state index in [0.29, 0.717) is 32.7 Å². The highest BCUT2D eigenvalue weighted by Gasteiger charge is 2.22. The van der Waals surface area contributed by atoms with Crippen molar-refractivity contribution in [3.63, 3.8) is 0 Å². The number of nitrogens with zero attached hydrogens (tertiary/aromatic N) is 2. The van der Waals surface area contributed by atoms with Crippen molar-refractivity contribution in [1.29, 1.82) is 0 Å². The van der Waals surface area contributed by atoms with Crippen LogP contribution in [0.25, 0.3) is 0 Å². The molecule has 0 radical (unpaired) electrons. The highest BCUT2D eigenvalue weighted by Crippen LogP contribution is 2.01. The first-order valence-electron chi connectivity index (χ1n) is 6.13. The Labute approximate surface area is 111 Å². The fourth-order valence-electron chi connectivity index (χ4n) is 1.82. The summed E-state index contributed by atoms with van der Waals surface area (Å²) in [7, 11) is 0. The number of amides is 2. The second kappa shape index (κ2) is 7.05. The zero-order valence-electron chi connectivity index (χ0n) is 11.0. The molecule has 2 amide bonds. The molecule has 0 unspecified atom stereocenters. The first kappa shape index (κ1) is 15.4. The van der Waals surface area contributed by atoms with Gasteiger partial charge in [0.05, 0.1) is 6.54 Å². The van der Waals surface area contributed by atoms with Gasteiger partial charge in [0, 0.05) is 32.7 Å². The number of piperazine rings is 1. The smallest absolute Gasteiger partial charge is 0.322 e. The molecule has 1 fully saturated rings. The Hall–Kier alpha value is -1.67.